The van der Waals surface area contributed by atoms with Gasteiger partial charge in [-0.05, 0) is 36.7 Å². The van der Waals surface area contributed by atoms with Gasteiger partial charge in [-0.25, -0.2) is 0 Å². The lowest BCUT2D eigenvalue weighted by Crippen LogP contribution is -2.34. The van der Waals surface area contributed by atoms with Gasteiger partial charge in [0, 0.05) is 19.6 Å². The van der Waals surface area contributed by atoms with Crippen LogP contribution in [0.4, 0.5) is 13.2 Å². The smallest absolute Gasteiger partial charge is 0.416 e. The zero-order chi connectivity index (χ0) is 20.1. The Morgan fingerprint density at radius 2 is 1.61 bits per heavy atom. The van der Waals surface area contributed by atoms with Gasteiger partial charge in [0.15, 0.2) is 0 Å². The van der Waals surface area contributed by atoms with Gasteiger partial charge in [0.05, 0.1) is 31.4 Å². The number of hydrogen-bond acceptors (Lipinski definition) is 4. The number of ether oxygens (including phenoxy) is 2. The molecule has 0 spiro atoms. The Morgan fingerprint density at radius 1 is 0.929 bits per heavy atom. The monoisotopic (exact) mass is 394 g/mol. The molecule has 1 N–H and O–H groups in total. The molecule has 1 saturated heterocycles. The minimum absolute atomic E-state index is 0.208. The third-order valence-electron chi connectivity index (χ3n) is 5.04. The first-order chi connectivity index (χ1) is 13.5. The van der Waals surface area contributed by atoms with Gasteiger partial charge >= 0.3 is 6.18 Å². The predicted octanol–water partition coefficient (Wildman–Crippen LogP) is 4.11. The van der Waals surface area contributed by atoms with E-state index in [9.17, 15) is 13.2 Å². The molecule has 1 unspecified atom stereocenters. The Morgan fingerprint density at radius 3 is 2.25 bits per heavy atom. The first-order valence-electron chi connectivity index (χ1n) is 9.29. The van der Waals surface area contributed by atoms with E-state index < -0.39 is 17.8 Å². The maximum absolute atomic E-state index is 13.8. The fourth-order valence-corrected chi connectivity index (χ4v) is 3.80. The molecule has 1 fully saturated rings. The minimum Gasteiger partial charge on any atom is -0.496 e. The van der Waals surface area contributed by atoms with Gasteiger partial charge in [-0.15, -0.1) is 0 Å². The zero-order valence-electron chi connectivity index (χ0n) is 16.1. The van der Waals surface area contributed by atoms with Crippen LogP contribution in [0, 0.1) is 0 Å². The van der Waals surface area contributed by atoms with Crippen molar-refractivity contribution in [3.05, 3.63) is 59.2 Å². The molecule has 28 heavy (non-hydrogen) atoms. The van der Waals surface area contributed by atoms with Crippen LogP contribution in [-0.2, 0) is 6.18 Å². The van der Waals surface area contributed by atoms with Crippen LogP contribution in [0.5, 0.6) is 11.5 Å². The third-order valence-corrected chi connectivity index (χ3v) is 5.04. The number of halogens is 3. The molecule has 3 rings (SSSR count). The highest BCUT2D eigenvalue weighted by Crippen LogP contribution is 2.45. The molecule has 0 bridgehead atoms. The Kier molecular flexibility index (Phi) is 6.46. The Bertz CT molecular complexity index is 765. The average molecular weight is 394 g/mol. The molecule has 0 aliphatic carbocycles. The summed E-state index contributed by atoms with van der Waals surface area (Å²) in [6.45, 7) is 2.85. The van der Waals surface area contributed by atoms with E-state index in [0.717, 1.165) is 19.0 Å². The lowest BCUT2D eigenvalue weighted by Gasteiger charge is -2.34. The minimum atomic E-state index is -4.45. The molecule has 2 aromatic carbocycles. The summed E-state index contributed by atoms with van der Waals surface area (Å²) < 4.78 is 52.6. The van der Waals surface area contributed by atoms with Gasteiger partial charge in [-0.2, -0.15) is 13.2 Å². The molecule has 152 valence electrons. The summed E-state index contributed by atoms with van der Waals surface area (Å²) in [5.74, 6) is 1.03. The molecule has 4 nitrogen and oxygen atoms in total. The maximum Gasteiger partial charge on any atom is 0.416 e. The summed E-state index contributed by atoms with van der Waals surface area (Å²) in [5, 5.41) is 3.31. The van der Waals surface area contributed by atoms with Crippen LogP contribution in [0.15, 0.2) is 42.5 Å². The fourth-order valence-electron chi connectivity index (χ4n) is 3.80. The van der Waals surface area contributed by atoms with Gasteiger partial charge in [-0.1, -0.05) is 24.3 Å². The van der Waals surface area contributed by atoms with Crippen LogP contribution in [0.3, 0.4) is 0 Å². The summed E-state index contributed by atoms with van der Waals surface area (Å²) in [6.07, 6.45) is -3.60. The van der Waals surface area contributed by atoms with Gasteiger partial charge in [0.25, 0.3) is 0 Å². The van der Waals surface area contributed by atoms with Crippen molar-refractivity contribution in [3.8, 4) is 11.5 Å². The number of methoxy groups -OCH3 is 2. The second-order valence-electron chi connectivity index (χ2n) is 6.70. The van der Waals surface area contributed by atoms with Gasteiger partial charge < -0.3 is 14.8 Å². The molecule has 1 heterocycles. The van der Waals surface area contributed by atoms with E-state index in [4.69, 9.17) is 9.47 Å². The van der Waals surface area contributed by atoms with Crippen molar-refractivity contribution in [2.24, 2.45) is 0 Å². The number of benzene rings is 2. The van der Waals surface area contributed by atoms with Gasteiger partial charge in [-0.3, -0.25) is 4.90 Å². The third kappa shape index (κ3) is 4.25. The second-order valence-corrected chi connectivity index (χ2v) is 6.70. The zero-order valence-corrected chi connectivity index (χ0v) is 16.1. The summed E-state index contributed by atoms with van der Waals surface area (Å²) in [6, 6.07) is 10.4. The van der Waals surface area contributed by atoms with E-state index in [1.54, 1.807) is 30.3 Å². The molecule has 7 heteroatoms. The summed E-state index contributed by atoms with van der Waals surface area (Å²) in [7, 11) is 3.05. The van der Waals surface area contributed by atoms with Crippen LogP contribution in [0.1, 0.15) is 29.2 Å². The SMILES string of the molecule is COc1cccc(OC)c1C(c1ccccc1C(F)(F)F)N1CCCNCC1. The molecule has 0 aromatic heterocycles. The topological polar surface area (TPSA) is 33.7 Å². The lowest BCUT2D eigenvalue weighted by atomic mass is 9.91. The number of alkyl halides is 3. The first-order valence-corrected chi connectivity index (χ1v) is 9.29. The Hall–Kier alpha value is -2.25. The van der Waals surface area contributed by atoms with Crippen molar-refractivity contribution < 1.29 is 22.6 Å². The highest BCUT2D eigenvalue weighted by atomic mass is 19.4. The molecular formula is C21H25F3N2O2. The molecule has 1 atom stereocenters. The fraction of sp³-hybridized carbons (Fsp3) is 0.429. The number of hydrogen-bond donors (Lipinski definition) is 1. The van der Waals surface area contributed by atoms with E-state index in [1.165, 1.54) is 20.3 Å². The quantitative estimate of drug-likeness (QED) is 0.828. The van der Waals surface area contributed by atoms with Crippen molar-refractivity contribution in [2.75, 3.05) is 40.4 Å². The van der Waals surface area contributed by atoms with Crippen LogP contribution >= 0.6 is 0 Å². The molecule has 0 radical (unpaired) electrons. The van der Waals surface area contributed by atoms with Crippen molar-refractivity contribution in [1.82, 2.24) is 10.2 Å². The molecule has 1 aliphatic heterocycles. The Labute approximate surface area is 163 Å². The summed E-state index contributed by atoms with van der Waals surface area (Å²) in [4.78, 5) is 2.07. The van der Waals surface area contributed by atoms with E-state index in [2.05, 4.69) is 10.2 Å². The average Bonchev–Trinajstić information content (AvgIpc) is 2.97. The highest BCUT2D eigenvalue weighted by molar-refractivity contribution is 5.52. The van der Waals surface area contributed by atoms with Crippen molar-refractivity contribution >= 4 is 0 Å². The van der Waals surface area contributed by atoms with Crippen molar-refractivity contribution in [3.63, 3.8) is 0 Å². The molecule has 0 amide bonds. The first kappa shape index (κ1) is 20.5. The molecule has 1 aliphatic rings. The van der Waals surface area contributed by atoms with Gasteiger partial charge in [0.1, 0.15) is 11.5 Å². The van der Waals surface area contributed by atoms with Crippen LogP contribution in [-0.4, -0.2) is 45.3 Å². The van der Waals surface area contributed by atoms with Gasteiger partial charge in [0.2, 0.25) is 0 Å². The summed E-state index contributed by atoms with van der Waals surface area (Å²) >= 11 is 0. The number of nitrogens with zero attached hydrogens (tertiary/aromatic N) is 1. The van der Waals surface area contributed by atoms with E-state index >= 15 is 0 Å². The number of nitrogens with one attached hydrogen (secondary N) is 1. The standard InChI is InChI=1S/C21H25F3N2O2/c1-27-17-9-5-10-18(28-2)19(17)20(26-13-6-11-25-12-14-26)15-7-3-4-8-16(15)21(22,23)24/h3-5,7-10,20,25H,6,11-14H2,1-2H3. The van der Waals surface area contributed by atoms with Crippen LogP contribution < -0.4 is 14.8 Å². The van der Waals surface area contributed by atoms with E-state index in [1.807, 2.05) is 0 Å². The highest BCUT2D eigenvalue weighted by Gasteiger charge is 2.38. The molecule has 2 aromatic rings. The molecular weight excluding hydrogens is 369 g/mol. The Balaban J connectivity index is 2.24. The van der Waals surface area contributed by atoms with Crippen LogP contribution in [0.2, 0.25) is 0 Å². The van der Waals surface area contributed by atoms with E-state index in [0.29, 0.717) is 36.7 Å². The largest absolute Gasteiger partial charge is 0.496 e. The normalized spacial score (nSPS) is 17.0. The maximum atomic E-state index is 13.8. The predicted molar refractivity (Wildman–Crippen MR) is 102 cm³/mol. The lowest BCUT2D eigenvalue weighted by molar-refractivity contribution is -0.138. The number of rotatable bonds is 5. The second kappa shape index (κ2) is 8.84. The van der Waals surface area contributed by atoms with Crippen LogP contribution in [0.25, 0.3) is 0 Å². The van der Waals surface area contributed by atoms with E-state index in [-0.39, 0.29) is 5.56 Å². The van der Waals surface area contributed by atoms with Crippen molar-refractivity contribution in [2.45, 2.75) is 18.6 Å². The molecule has 0 saturated carbocycles. The van der Waals surface area contributed by atoms with Crippen molar-refractivity contribution in [1.29, 1.82) is 0 Å². The summed E-state index contributed by atoms with van der Waals surface area (Å²) in [5.41, 5.74) is 0.191.